The van der Waals surface area contributed by atoms with E-state index in [9.17, 15) is 4.79 Å². The molecule has 1 amide bonds. The zero-order valence-corrected chi connectivity index (χ0v) is 13.3. The molecule has 0 spiro atoms. The minimum atomic E-state index is -0.216. The first kappa shape index (κ1) is 14.5. The maximum atomic E-state index is 12.4. The van der Waals surface area contributed by atoms with Gasteiger partial charge in [-0.15, -0.1) is 0 Å². The third kappa shape index (κ3) is 2.80. The van der Waals surface area contributed by atoms with E-state index in [1.54, 1.807) is 17.6 Å². The summed E-state index contributed by atoms with van der Waals surface area (Å²) in [5.41, 5.74) is 6.15. The lowest BCUT2D eigenvalue weighted by Crippen LogP contribution is -2.19. The Kier molecular flexibility index (Phi) is 4.06. The number of nitrogens with zero attached hydrogens (tertiary/aromatic N) is 1. The molecule has 1 aromatic carbocycles. The van der Waals surface area contributed by atoms with Gasteiger partial charge in [0, 0.05) is 16.5 Å². The van der Waals surface area contributed by atoms with Crippen LogP contribution in [0.25, 0.3) is 10.9 Å². The van der Waals surface area contributed by atoms with Crippen molar-refractivity contribution in [1.29, 1.82) is 0 Å². The number of rotatable bonds is 4. The summed E-state index contributed by atoms with van der Waals surface area (Å²) in [4.78, 5) is 15.6. The van der Waals surface area contributed by atoms with Crippen LogP contribution in [0, 0.1) is 0 Å². The third-order valence-corrected chi connectivity index (χ3v) is 4.18. The lowest BCUT2D eigenvalue weighted by molar-refractivity contribution is 0.0949. The van der Waals surface area contributed by atoms with Crippen LogP contribution in [-0.4, -0.2) is 17.1 Å². The minimum absolute atomic E-state index is 0.216. The van der Waals surface area contributed by atoms with Crippen molar-refractivity contribution in [1.82, 2.24) is 10.4 Å². The van der Waals surface area contributed by atoms with Crippen LogP contribution in [0.3, 0.4) is 0 Å². The van der Waals surface area contributed by atoms with Gasteiger partial charge < -0.3 is 4.98 Å². The Hall–Kier alpha value is -2.40. The molecule has 0 atom stereocenters. The van der Waals surface area contributed by atoms with Gasteiger partial charge in [0.15, 0.2) is 0 Å². The van der Waals surface area contributed by atoms with Crippen LogP contribution in [0.15, 0.2) is 46.2 Å². The summed E-state index contributed by atoms with van der Waals surface area (Å²) in [6, 6.07) is 9.90. The van der Waals surface area contributed by atoms with Crippen LogP contribution in [0.4, 0.5) is 0 Å². The van der Waals surface area contributed by atoms with Crippen molar-refractivity contribution in [2.75, 3.05) is 0 Å². The molecular formula is C17H17N3OS. The fourth-order valence-corrected chi connectivity index (χ4v) is 3.12. The standard InChI is InChI=1S/C17H17N3OS/c1-11(2)15-13-5-3-4-6-14(13)19-16(15)17(21)20-18-9-12-7-8-22-10-12/h3-11,19H,1-2H3,(H,20,21)/b18-9-. The second kappa shape index (κ2) is 6.15. The molecule has 22 heavy (non-hydrogen) atoms. The number of benzene rings is 1. The molecule has 2 aromatic heterocycles. The fourth-order valence-electron chi connectivity index (χ4n) is 2.51. The van der Waals surface area contributed by atoms with Gasteiger partial charge in [-0.05, 0) is 34.4 Å². The number of thiophene rings is 1. The summed E-state index contributed by atoms with van der Waals surface area (Å²) in [6.45, 7) is 4.17. The van der Waals surface area contributed by atoms with Crippen LogP contribution in [0.5, 0.6) is 0 Å². The van der Waals surface area contributed by atoms with Gasteiger partial charge in [0.25, 0.3) is 5.91 Å². The number of nitrogens with one attached hydrogen (secondary N) is 2. The lowest BCUT2D eigenvalue weighted by atomic mass is 9.99. The quantitative estimate of drug-likeness (QED) is 0.553. The Balaban J connectivity index is 1.88. The van der Waals surface area contributed by atoms with Crippen molar-refractivity contribution >= 4 is 34.4 Å². The zero-order chi connectivity index (χ0) is 15.5. The van der Waals surface area contributed by atoms with E-state index in [0.29, 0.717) is 5.69 Å². The number of H-pyrrole nitrogens is 1. The molecule has 0 radical (unpaired) electrons. The summed E-state index contributed by atoms with van der Waals surface area (Å²) in [5.74, 6) is 0.0316. The van der Waals surface area contributed by atoms with Crippen molar-refractivity contribution < 1.29 is 4.79 Å². The Morgan fingerprint density at radius 1 is 1.32 bits per heavy atom. The van der Waals surface area contributed by atoms with Crippen LogP contribution in [0.1, 0.15) is 41.4 Å². The van der Waals surface area contributed by atoms with E-state index in [4.69, 9.17) is 0 Å². The maximum Gasteiger partial charge on any atom is 0.288 e. The molecule has 0 saturated carbocycles. The highest BCUT2D eigenvalue weighted by atomic mass is 32.1. The number of carbonyl (C=O) groups excluding carboxylic acids is 1. The highest BCUT2D eigenvalue weighted by molar-refractivity contribution is 7.08. The van der Waals surface area contributed by atoms with Crippen molar-refractivity contribution in [3.8, 4) is 0 Å². The number of hydrazone groups is 1. The van der Waals surface area contributed by atoms with Gasteiger partial charge in [0.05, 0.1) is 6.21 Å². The van der Waals surface area contributed by atoms with Crippen molar-refractivity contribution in [3.63, 3.8) is 0 Å². The molecule has 2 N–H and O–H groups in total. The predicted molar refractivity (Wildman–Crippen MR) is 91.8 cm³/mol. The molecule has 3 rings (SSSR count). The van der Waals surface area contributed by atoms with E-state index in [1.807, 2.05) is 41.1 Å². The summed E-state index contributed by atoms with van der Waals surface area (Å²) in [6.07, 6.45) is 1.64. The first-order valence-electron chi connectivity index (χ1n) is 7.13. The predicted octanol–water partition coefficient (Wildman–Crippen LogP) is 4.12. The molecule has 0 fully saturated rings. The normalized spacial score (nSPS) is 11.6. The van der Waals surface area contributed by atoms with Gasteiger partial charge in [-0.2, -0.15) is 16.4 Å². The topological polar surface area (TPSA) is 57.2 Å². The maximum absolute atomic E-state index is 12.4. The third-order valence-electron chi connectivity index (χ3n) is 3.47. The Labute approximate surface area is 132 Å². The van der Waals surface area contributed by atoms with Gasteiger partial charge >= 0.3 is 0 Å². The molecule has 4 nitrogen and oxygen atoms in total. The van der Waals surface area contributed by atoms with E-state index >= 15 is 0 Å². The molecule has 0 saturated heterocycles. The number of hydrogen-bond acceptors (Lipinski definition) is 3. The van der Waals surface area contributed by atoms with Crippen LogP contribution >= 0.6 is 11.3 Å². The van der Waals surface area contributed by atoms with Gasteiger partial charge in [-0.25, -0.2) is 5.43 Å². The number of fused-ring (bicyclic) bond motifs is 1. The molecule has 112 valence electrons. The molecule has 0 bridgehead atoms. The molecule has 0 aliphatic heterocycles. The molecule has 0 aliphatic rings. The van der Waals surface area contributed by atoms with E-state index in [-0.39, 0.29) is 11.8 Å². The molecule has 2 heterocycles. The number of carbonyl (C=O) groups is 1. The van der Waals surface area contributed by atoms with E-state index in [2.05, 4.69) is 29.4 Å². The number of aromatic nitrogens is 1. The highest BCUT2D eigenvalue weighted by Crippen LogP contribution is 2.28. The first-order chi connectivity index (χ1) is 10.7. The average molecular weight is 311 g/mol. The molecule has 0 aliphatic carbocycles. The number of hydrogen-bond donors (Lipinski definition) is 2. The summed E-state index contributed by atoms with van der Waals surface area (Å²) in [5, 5.41) is 9.05. The van der Waals surface area contributed by atoms with Crippen molar-refractivity contribution in [3.05, 3.63) is 57.9 Å². The van der Waals surface area contributed by atoms with Gasteiger partial charge in [0.1, 0.15) is 5.69 Å². The lowest BCUT2D eigenvalue weighted by Gasteiger charge is -2.06. The summed E-state index contributed by atoms with van der Waals surface area (Å²) < 4.78 is 0. The summed E-state index contributed by atoms with van der Waals surface area (Å²) >= 11 is 1.59. The second-order valence-corrected chi connectivity index (χ2v) is 6.15. The molecule has 5 heteroatoms. The summed E-state index contributed by atoms with van der Waals surface area (Å²) in [7, 11) is 0. The minimum Gasteiger partial charge on any atom is -0.350 e. The first-order valence-corrected chi connectivity index (χ1v) is 8.07. The van der Waals surface area contributed by atoms with Gasteiger partial charge in [-0.3, -0.25) is 4.79 Å². The smallest absolute Gasteiger partial charge is 0.288 e. The molecule has 0 unspecified atom stereocenters. The Morgan fingerprint density at radius 3 is 2.86 bits per heavy atom. The van der Waals surface area contributed by atoms with E-state index < -0.39 is 0 Å². The fraction of sp³-hybridized carbons (Fsp3) is 0.176. The van der Waals surface area contributed by atoms with Gasteiger partial charge in [0.2, 0.25) is 0 Å². The van der Waals surface area contributed by atoms with Crippen LogP contribution in [0.2, 0.25) is 0 Å². The number of para-hydroxylation sites is 1. The van der Waals surface area contributed by atoms with Crippen LogP contribution < -0.4 is 5.43 Å². The van der Waals surface area contributed by atoms with E-state index in [1.165, 1.54) is 0 Å². The molecular weight excluding hydrogens is 294 g/mol. The van der Waals surface area contributed by atoms with Crippen molar-refractivity contribution in [2.45, 2.75) is 19.8 Å². The van der Waals surface area contributed by atoms with E-state index in [0.717, 1.165) is 22.0 Å². The van der Waals surface area contributed by atoms with Gasteiger partial charge in [-0.1, -0.05) is 32.0 Å². The average Bonchev–Trinajstić information content (AvgIpc) is 3.13. The SMILES string of the molecule is CC(C)c1c(C(=O)N/N=C\c2ccsc2)[nH]c2ccccc12. The second-order valence-electron chi connectivity index (χ2n) is 5.37. The van der Waals surface area contributed by atoms with Crippen LogP contribution in [-0.2, 0) is 0 Å². The number of aromatic amines is 1. The number of amides is 1. The zero-order valence-electron chi connectivity index (χ0n) is 12.5. The Bertz CT molecular complexity index is 816. The highest BCUT2D eigenvalue weighted by Gasteiger charge is 2.19. The Morgan fingerprint density at radius 2 is 2.14 bits per heavy atom. The van der Waals surface area contributed by atoms with Crippen molar-refractivity contribution in [2.24, 2.45) is 5.10 Å². The monoisotopic (exact) mass is 311 g/mol. The molecule has 3 aromatic rings. The largest absolute Gasteiger partial charge is 0.350 e.